The van der Waals surface area contributed by atoms with E-state index in [1.807, 2.05) is 30.3 Å². The summed E-state index contributed by atoms with van der Waals surface area (Å²) in [6.07, 6.45) is 3.23. The van der Waals surface area contributed by atoms with Gasteiger partial charge >= 0.3 is 5.69 Å². The van der Waals surface area contributed by atoms with Gasteiger partial charge in [0.1, 0.15) is 5.69 Å². The lowest BCUT2D eigenvalue weighted by atomic mass is 10.1. The van der Waals surface area contributed by atoms with E-state index >= 15 is 0 Å². The average molecular weight is 310 g/mol. The highest BCUT2D eigenvalue weighted by molar-refractivity contribution is 5.64. The number of hydrogen-bond acceptors (Lipinski definition) is 5. The van der Waals surface area contributed by atoms with Crippen LogP contribution in [0, 0.1) is 20.2 Å². The van der Waals surface area contributed by atoms with Crippen LogP contribution in [0.4, 0.5) is 11.4 Å². The SMILES string of the molecule is O=[N+]([O-])c1ccc(-n2cc(-c3ccccc3)cn2)c([N+](=O)[O-])c1. The van der Waals surface area contributed by atoms with Crippen LogP contribution in [-0.2, 0) is 0 Å². The number of rotatable bonds is 4. The molecule has 2 aromatic carbocycles. The second-order valence-electron chi connectivity index (χ2n) is 4.73. The molecular formula is C15H10N4O4. The Morgan fingerprint density at radius 3 is 2.30 bits per heavy atom. The quantitative estimate of drug-likeness (QED) is 0.543. The average Bonchev–Trinajstić information content (AvgIpc) is 3.04. The highest BCUT2D eigenvalue weighted by Gasteiger charge is 2.21. The topological polar surface area (TPSA) is 104 Å². The smallest absolute Gasteiger partial charge is 0.258 e. The number of hydrogen-bond donors (Lipinski definition) is 0. The fraction of sp³-hybridized carbons (Fsp3) is 0. The first kappa shape index (κ1) is 14.4. The normalized spacial score (nSPS) is 10.4. The Hall–Kier alpha value is -3.55. The van der Waals surface area contributed by atoms with Gasteiger partial charge in [0, 0.05) is 17.8 Å². The van der Waals surface area contributed by atoms with Crippen molar-refractivity contribution in [2.45, 2.75) is 0 Å². The van der Waals surface area contributed by atoms with Crippen LogP contribution < -0.4 is 0 Å². The van der Waals surface area contributed by atoms with Crippen molar-refractivity contribution < 1.29 is 9.85 Å². The molecule has 0 radical (unpaired) electrons. The summed E-state index contributed by atoms with van der Waals surface area (Å²) in [5, 5.41) is 26.1. The molecule has 0 aliphatic heterocycles. The van der Waals surface area contributed by atoms with Crippen molar-refractivity contribution in [1.29, 1.82) is 0 Å². The van der Waals surface area contributed by atoms with Gasteiger partial charge in [-0.2, -0.15) is 5.10 Å². The molecule has 1 aromatic heterocycles. The minimum absolute atomic E-state index is 0.169. The lowest BCUT2D eigenvalue weighted by Gasteiger charge is -2.02. The lowest BCUT2D eigenvalue weighted by Crippen LogP contribution is -2.01. The fourth-order valence-corrected chi connectivity index (χ4v) is 2.20. The van der Waals surface area contributed by atoms with E-state index in [0.717, 1.165) is 17.2 Å². The molecule has 0 unspecified atom stereocenters. The Balaban J connectivity index is 2.07. The maximum atomic E-state index is 11.2. The molecule has 0 saturated carbocycles. The van der Waals surface area contributed by atoms with Gasteiger partial charge in [-0.15, -0.1) is 0 Å². The largest absolute Gasteiger partial charge is 0.301 e. The third-order valence-corrected chi connectivity index (χ3v) is 3.30. The van der Waals surface area contributed by atoms with Crippen LogP contribution in [0.1, 0.15) is 0 Å². The van der Waals surface area contributed by atoms with Crippen molar-refractivity contribution in [2.75, 3.05) is 0 Å². The number of aromatic nitrogens is 2. The van der Waals surface area contributed by atoms with Gasteiger partial charge in [-0.1, -0.05) is 30.3 Å². The predicted molar refractivity (Wildman–Crippen MR) is 82.3 cm³/mol. The molecule has 8 heteroatoms. The molecule has 0 aliphatic carbocycles. The van der Waals surface area contributed by atoms with Gasteiger partial charge in [-0.05, 0) is 11.6 Å². The molecular weight excluding hydrogens is 300 g/mol. The first-order valence-corrected chi connectivity index (χ1v) is 6.59. The summed E-state index contributed by atoms with van der Waals surface area (Å²) in [6, 6.07) is 12.9. The molecule has 114 valence electrons. The summed E-state index contributed by atoms with van der Waals surface area (Å²) in [6.45, 7) is 0. The molecule has 3 rings (SSSR count). The van der Waals surface area contributed by atoms with Crippen molar-refractivity contribution in [3.05, 3.63) is 81.2 Å². The first-order valence-electron chi connectivity index (χ1n) is 6.59. The summed E-state index contributed by atoms with van der Waals surface area (Å²) >= 11 is 0. The van der Waals surface area contributed by atoms with Gasteiger partial charge in [-0.25, -0.2) is 4.68 Å². The molecule has 0 bridgehead atoms. The Labute approximate surface area is 129 Å². The van der Waals surface area contributed by atoms with Crippen LogP contribution in [0.25, 0.3) is 16.8 Å². The monoisotopic (exact) mass is 310 g/mol. The summed E-state index contributed by atoms with van der Waals surface area (Å²) in [4.78, 5) is 20.6. The number of nitro benzene ring substituents is 2. The second-order valence-corrected chi connectivity index (χ2v) is 4.73. The van der Waals surface area contributed by atoms with Crippen molar-refractivity contribution in [2.24, 2.45) is 0 Å². The molecule has 0 atom stereocenters. The molecule has 0 N–H and O–H groups in total. The van der Waals surface area contributed by atoms with Crippen LogP contribution in [0.15, 0.2) is 60.9 Å². The Bertz CT molecular complexity index is 890. The molecule has 0 aliphatic rings. The zero-order valence-corrected chi connectivity index (χ0v) is 11.7. The van der Waals surface area contributed by atoms with E-state index in [2.05, 4.69) is 5.10 Å². The number of benzene rings is 2. The van der Waals surface area contributed by atoms with Crippen molar-refractivity contribution in [3.8, 4) is 16.8 Å². The van der Waals surface area contributed by atoms with E-state index in [1.54, 1.807) is 12.4 Å². The van der Waals surface area contributed by atoms with Crippen LogP contribution in [-0.4, -0.2) is 19.6 Å². The maximum absolute atomic E-state index is 11.2. The highest BCUT2D eigenvalue weighted by atomic mass is 16.6. The van der Waals surface area contributed by atoms with E-state index < -0.39 is 9.85 Å². The van der Waals surface area contributed by atoms with Crippen LogP contribution in [0.2, 0.25) is 0 Å². The standard InChI is InChI=1S/C15H10N4O4/c20-18(21)13-6-7-14(15(8-13)19(22)23)17-10-12(9-16-17)11-4-2-1-3-5-11/h1-10H. The molecule has 23 heavy (non-hydrogen) atoms. The van der Waals surface area contributed by atoms with E-state index in [9.17, 15) is 20.2 Å². The van der Waals surface area contributed by atoms with E-state index in [1.165, 1.54) is 16.8 Å². The van der Waals surface area contributed by atoms with E-state index in [-0.39, 0.29) is 17.1 Å². The third kappa shape index (κ3) is 2.77. The highest BCUT2D eigenvalue weighted by Crippen LogP contribution is 2.28. The van der Waals surface area contributed by atoms with Crippen molar-refractivity contribution in [1.82, 2.24) is 9.78 Å². The summed E-state index contributed by atoms with van der Waals surface area (Å²) < 4.78 is 1.34. The second kappa shape index (κ2) is 5.68. The maximum Gasteiger partial charge on any atom is 0.301 e. The number of nitro groups is 2. The summed E-state index contributed by atoms with van der Waals surface area (Å²) in [7, 11) is 0. The summed E-state index contributed by atoms with van der Waals surface area (Å²) in [5.41, 5.74) is 1.17. The minimum atomic E-state index is -0.671. The van der Waals surface area contributed by atoms with Gasteiger partial charge in [0.05, 0.1) is 22.1 Å². The van der Waals surface area contributed by atoms with Crippen LogP contribution >= 0.6 is 0 Å². The van der Waals surface area contributed by atoms with Gasteiger partial charge in [0.25, 0.3) is 5.69 Å². The number of non-ortho nitro benzene ring substituents is 1. The number of nitrogens with zero attached hydrogens (tertiary/aromatic N) is 4. The van der Waals surface area contributed by atoms with Crippen molar-refractivity contribution in [3.63, 3.8) is 0 Å². The van der Waals surface area contributed by atoms with Gasteiger partial charge in [0.15, 0.2) is 0 Å². The van der Waals surface area contributed by atoms with Gasteiger partial charge < -0.3 is 0 Å². The lowest BCUT2D eigenvalue weighted by molar-refractivity contribution is -0.394. The third-order valence-electron chi connectivity index (χ3n) is 3.30. The van der Waals surface area contributed by atoms with Gasteiger partial charge in [-0.3, -0.25) is 20.2 Å². The zero-order valence-electron chi connectivity index (χ0n) is 11.7. The Morgan fingerprint density at radius 2 is 1.65 bits per heavy atom. The zero-order chi connectivity index (χ0) is 16.4. The Morgan fingerprint density at radius 1 is 0.913 bits per heavy atom. The molecule has 8 nitrogen and oxygen atoms in total. The molecule has 0 saturated heterocycles. The molecule has 1 heterocycles. The first-order chi connectivity index (χ1) is 11.1. The van der Waals surface area contributed by atoms with Crippen molar-refractivity contribution >= 4 is 11.4 Å². The molecule has 0 spiro atoms. The molecule has 0 fully saturated rings. The molecule has 0 amide bonds. The van der Waals surface area contributed by atoms with Crippen LogP contribution in [0.5, 0.6) is 0 Å². The van der Waals surface area contributed by atoms with Crippen LogP contribution in [0.3, 0.4) is 0 Å². The minimum Gasteiger partial charge on any atom is -0.258 e. The summed E-state index contributed by atoms with van der Waals surface area (Å²) in [5.74, 6) is 0. The predicted octanol–water partition coefficient (Wildman–Crippen LogP) is 3.36. The molecule has 3 aromatic rings. The van der Waals surface area contributed by atoms with E-state index in [0.29, 0.717) is 0 Å². The van der Waals surface area contributed by atoms with E-state index in [4.69, 9.17) is 0 Å². The fourth-order valence-electron chi connectivity index (χ4n) is 2.20. The Kier molecular flexibility index (Phi) is 3.55. The van der Waals surface area contributed by atoms with Gasteiger partial charge in [0.2, 0.25) is 0 Å².